The smallest absolute Gasteiger partial charge is 0.181 e. The van der Waals surface area contributed by atoms with Gasteiger partial charge in [0, 0.05) is 4.88 Å². The largest absolute Gasteiger partial charge is 0.375 e. The van der Waals surface area contributed by atoms with E-state index in [0.717, 1.165) is 17.4 Å². The Kier molecular flexibility index (Phi) is 3.74. The predicted octanol–water partition coefficient (Wildman–Crippen LogP) is 4.59. The molecule has 1 N–H and O–H groups in total. The molecule has 1 nitrogen and oxygen atoms in total. The molecule has 1 atom stereocenters. The summed E-state index contributed by atoms with van der Waals surface area (Å²) < 4.78 is 26.6. The summed E-state index contributed by atoms with van der Waals surface area (Å²) in [6.07, 6.45) is 0.816. The lowest BCUT2D eigenvalue weighted by Gasteiger charge is -2.17. The normalized spacial score (nSPS) is 12.4. The Morgan fingerprint density at radius 1 is 1.24 bits per heavy atom. The van der Waals surface area contributed by atoms with Crippen molar-refractivity contribution < 1.29 is 8.78 Å². The maximum Gasteiger partial charge on any atom is 0.181 e. The quantitative estimate of drug-likeness (QED) is 0.840. The van der Waals surface area contributed by atoms with Gasteiger partial charge in [0.1, 0.15) is 0 Å². The van der Waals surface area contributed by atoms with Crippen molar-refractivity contribution >= 4 is 17.0 Å². The standard InChI is InChI=1S/C13H13F2NS/c1-2-10(12-7-4-8-17-12)16-11-6-3-5-9(14)13(11)15/h3-8,10,16H,2H2,1H3. The maximum atomic E-state index is 13.5. The monoisotopic (exact) mass is 253 g/mol. The van der Waals surface area contributed by atoms with Gasteiger partial charge in [0.15, 0.2) is 11.6 Å². The van der Waals surface area contributed by atoms with Crippen molar-refractivity contribution in [2.75, 3.05) is 5.32 Å². The van der Waals surface area contributed by atoms with Crippen molar-refractivity contribution in [3.8, 4) is 0 Å². The highest BCUT2D eigenvalue weighted by atomic mass is 32.1. The first-order valence-electron chi connectivity index (χ1n) is 5.46. The van der Waals surface area contributed by atoms with Gasteiger partial charge in [-0.1, -0.05) is 19.1 Å². The molecule has 0 saturated carbocycles. The van der Waals surface area contributed by atoms with Gasteiger partial charge in [0.25, 0.3) is 0 Å². The zero-order valence-electron chi connectivity index (χ0n) is 9.41. The lowest BCUT2D eigenvalue weighted by atomic mass is 10.1. The van der Waals surface area contributed by atoms with Gasteiger partial charge in [0.2, 0.25) is 0 Å². The SMILES string of the molecule is CCC(Nc1cccc(F)c1F)c1cccs1. The van der Waals surface area contributed by atoms with E-state index in [2.05, 4.69) is 5.32 Å². The van der Waals surface area contributed by atoms with Gasteiger partial charge < -0.3 is 5.32 Å². The third-order valence-electron chi connectivity index (χ3n) is 2.58. The summed E-state index contributed by atoms with van der Waals surface area (Å²) in [4.78, 5) is 1.12. The van der Waals surface area contributed by atoms with E-state index in [0.29, 0.717) is 0 Å². The zero-order chi connectivity index (χ0) is 12.3. The van der Waals surface area contributed by atoms with E-state index < -0.39 is 11.6 Å². The highest BCUT2D eigenvalue weighted by molar-refractivity contribution is 7.10. The van der Waals surface area contributed by atoms with Gasteiger partial charge in [-0.05, 0) is 30.0 Å². The Balaban J connectivity index is 2.22. The second kappa shape index (κ2) is 5.27. The van der Waals surface area contributed by atoms with Crippen LogP contribution >= 0.6 is 11.3 Å². The highest BCUT2D eigenvalue weighted by Gasteiger charge is 2.14. The van der Waals surface area contributed by atoms with E-state index in [9.17, 15) is 8.78 Å². The van der Waals surface area contributed by atoms with Gasteiger partial charge in [0.05, 0.1) is 11.7 Å². The average molecular weight is 253 g/mol. The summed E-state index contributed by atoms with van der Waals surface area (Å²) in [5.41, 5.74) is 0.213. The second-order valence-electron chi connectivity index (χ2n) is 3.72. The fourth-order valence-corrected chi connectivity index (χ4v) is 2.53. The summed E-state index contributed by atoms with van der Waals surface area (Å²) in [6.45, 7) is 2.01. The Morgan fingerprint density at radius 2 is 2.06 bits per heavy atom. The van der Waals surface area contributed by atoms with Gasteiger partial charge >= 0.3 is 0 Å². The lowest BCUT2D eigenvalue weighted by molar-refractivity contribution is 0.509. The molecule has 17 heavy (non-hydrogen) atoms. The predicted molar refractivity (Wildman–Crippen MR) is 67.3 cm³/mol. The third-order valence-corrected chi connectivity index (χ3v) is 3.56. The zero-order valence-corrected chi connectivity index (χ0v) is 10.2. The van der Waals surface area contributed by atoms with Crippen LogP contribution in [0.2, 0.25) is 0 Å². The fourth-order valence-electron chi connectivity index (χ4n) is 1.67. The van der Waals surface area contributed by atoms with Crippen molar-refractivity contribution in [2.24, 2.45) is 0 Å². The number of nitrogens with one attached hydrogen (secondary N) is 1. The molecule has 0 spiro atoms. The minimum Gasteiger partial charge on any atom is -0.375 e. The molecule has 0 fully saturated rings. The van der Waals surface area contributed by atoms with Crippen LogP contribution in [0, 0.1) is 11.6 Å². The third kappa shape index (κ3) is 2.64. The molecule has 0 aliphatic carbocycles. The molecule has 1 aromatic carbocycles. The van der Waals surface area contributed by atoms with Crippen molar-refractivity contribution in [3.05, 3.63) is 52.2 Å². The van der Waals surface area contributed by atoms with Crippen LogP contribution in [0.3, 0.4) is 0 Å². The van der Waals surface area contributed by atoms with E-state index >= 15 is 0 Å². The first kappa shape index (κ1) is 12.0. The summed E-state index contributed by atoms with van der Waals surface area (Å²) in [5.74, 6) is -1.64. The van der Waals surface area contributed by atoms with Crippen LogP contribution in [0.5, 0.6) is 0 Å². The van der Waals surface area contributed by atoms with Gasteiger partial charge in [-0.15, -0.1) is 11.3 Å². The summed E-state index contributed by atoms with van der Waals surface area (Å²) in [6, 6.07) is 8.13. The second-order valence-corrected chi connectivity index (χ2v) is 4.70. The molecule has 1 heterocycles. The minimum atomic E-state index is -0.823. The van der Waals surface area contributed by atoms with Crippen molar-refractivity contribution in [1.29, 1.82) is 0 Å². The first-order valence-corrected chi connectivity index (χ1v) is 6.34. The number of halogens is 2. The van der Waals surface area contributed by atoms with E-state index in [4.69, 9.17) is 0 Å². The maximum absolute atomic E-state index is 13.5. The molecule has 0 saturated heterocycles. The van der Waals surface area contributed by atoms with Crippen LogP contribution < -0.4 is 5.32 Å². The molecule has 2 aromatic rings. The number of hydrogen-bond acceptors (Lipinski definition) is 2. The molecule has 0 aliphatic rings. The Labute approximate surface area is 103 Å². The highest BCUT2D eigenvalue weighted by Crippen LogP contribution is 2.27. The number of anilines is 1. The number of thiophene rings is 1. The molecular weight excluding hydrogens is 240 g/mol. The van der Waals surface area contributed by atoms with Gasteiger partial charge in [-0.2, -0.15) is 0 Å². The molecule has 1 unspecified atom stereocenters. The summed E-state index contributed by atoms with van der Waals surface area (Å²) in [7, 11) is 0. The van der Waals surface area contributed by atoms with Crippen molar-refractivity contribution in [1.82, 2.24) is 0 Å². The van der Waals surface area contributed by atoms with Crippen molar-refractivity contribution in [2.45, 2.75) is 19.4 Å². The first-order chi connectivity index (χ1) is 8.22. The van der Waals surface area contributed by atoms with E-state index in [1.807, 2.05) is 24.4 Å². The van der Waals surface area contributed by atoms with Crippen LogP contribution in [-0.4, -0.2) is 0 Å². The topological polar surface area (TPSA) is 12.0 Å². The summed E-state index contributed by atoms with van der Waals surface area (Å²) >= 11 is 1.61. The molecule has 2 rings (SSSR count). The van der Waals surface area contributed by atoms with Gasteiger partial charge in [-0.25, -0.2) is 8.78 Å². The summed E-state index contributed by atoms with van der Waals surface area (Å²) in [5, 5.41) is 5.01. The molecule has 0 amide bonds. The Hall–Kier alpha value is -1.42. The van der Waals surface area contributed by atoms with Crippen molar-refractivity contribution in [3.63, 3.8) is 0 Å². The molecule has 1 aromatic heterocycles. The molecule has 0 bridgehead atoms. The Morgan fingerprint density at radius 3 is 2.71 bits per heavy atom. The van der Waals surface area contributed by atoms with Gasteiger partial charge in [-0.3, -0.25) is 0 Å². The molecule has 4 heteroatoms. The van der Waals surface area contributed by atoms with E-state index in [1.165, 1.54) is 6.07 Å². The van der Waals surface area contributed by atoms with E-state index in [1.54, 1.807) is 17.4 Å². The van der Waals surface area contributed by atoms with Crippen LogP contribution in [0.15, 0.2) is 35.7 Å². The molecule has 90 valence electrons. The number of rotatable bonds is 4. The van der Waals surface area contributed by atoms with Crippen LogP contribution in [0.1, 0.15) is 24.3 Å². The van der Waals surface area contributed by atoms with Crippen LogP contribution in [0.25, 0.3) is 0 Å². The molecule has 0 aliphatic heterocycles. The average Bonchev–Trinajstić information content (AvgIpc) is 2.85. The Bertz CT molecular complexity index is 482. The van der Waals surface area contributed by atoms with E-state index in [-0.39, 0.29) is 11.7 Å². The minimum absolute atomic E-state index is 0.0197. The molecule has 0 radical (unpaired) electrons. The van der Waals surface area contributed by atoms with Crippen LogP contribution in [0.4, 0.5) is 14.5 Å². The lowest BCUT2D eigenvalue weighted by Crippen LogP contribution is -2.09. The molecular formula is C13H13F2NS. The number of benzene rings is 1. The fraction of sp³-hybridized carbons (Fsp3) is 0.231. The van der Waals surface area contributed by atoms with Crippen LogP contribution in [-0.2, 0) is 0 Å². The number of hydrogen-bond donors (Lipinski definition) is 1.